The minimum Gasteiger partial charge on any atom is -0.478 e. The Labute approximate surface area is 80.1 Å². The molecule has 0 fully saturated rings. The molecule has 1 heterocycles. The van der Waals surface area contributed by atoms with E-state index in [0.717, 1.165) is 5.09 Å². The predicted molar refractivity (Wildman–Crippen MR) is 55.5 cm³/mol. The molecule has 0 aliphatic rings. The summed E-state index contributed by atoms with van der Waals surface area (Å²) < 4.78 is 10.4. The highest BCUT2D eigenvalue weighted by Gasteiger charge is 2.01. The standard InChI is InChI=1S/C10H10O2S/c1-4-6-11-9-7-10(12-8-9)13(3)5-2/h1,7-8H,2,6H2,3H3. The number of ether oxygens (including phenoxy) is 1. The van der Waals surface area contributed by atoms with Gasteiger partial charge in [0.05, 0.1) is 0 Å². The van der Waals surface area contributed by atoms with Crippen molar-refractivity contribution in [1.82, 2.24) is 0 Å². The molecule has 0 aromatic carbocycles. The third kappa shape index (κ3) is 2.55. The van der Waals surface area contributed by atoms with E-state index in [0.29, 0.717) is 5.75 Å². The van der Waals surface area contributed by atoms with E-state index in [1.54, 1.807) is 6.07 Å². The zero-order chi connectivity index (χ0) is 9.68. The van der Waals surface area contributed by atoms with Crippen LogP contribution in [-0.2, 0) is 0 Å². The van der Waals surface area contributed by atoms with Crippen molar-refractivity contribution in [2.24, 2.45) is 0 Å². The summed E-state index contributed by atoms with van der Waals surface area (Å²) in [5.74, 6) is 3.03. The van der Waals surface area contributed by atoms with Crippen LogP contribution in [0, 0.1) is 12.3 Å². The molecule has 1 atom stereocenters. The summed E-state index contributed by atoms with van der Waals surface area (Å²) in [6, 6.07) is 1.80. The third-order valence-corrected chi connectivity index (χ3v) is 2.64. The van der Waals surface area contributed by atoms with Gasteiger partial charge in [-0.05, 0) is 12.8 Å². The first-order chi connectivity index (χ1) is 6.27. The Bertz CT molecular complexity index is 378. The maximum Gasteiger partial charge on any atom is 0.165 e. The lowest BCUT2D eigenvalue weighted by molar-refractivity contribution is 0.362. The smallest absolute Gasteiger partial charge is 0.165 e. The Hall–Kier alpha value is -1.36. The van der Waals surface area contributed by atoms with Crippen molar-refractivity contribution in [3.05, 3.63) is 18.9 Å². The van der Waals surface area contributed by atoms with Gasteiger partial charge in [0.25, 0.3) is 0 Å². The number of hydrogen-bond donors (Lipinski definition) is 0. The van der Waals surface area contributed by atoms with E-state index in [-0.39, 0.29) is 17.1 Å². The lowest BCUT2D eigenvalue weighted by Crippen LogP contribution is -1.90. The summed E-state index contributed by atoms with van der Waals surface area (Å²) in [7, 11) is -0.185. The van der Waals surface area contributed by atoms with Crippen LogP contribution in [0.3, 0.4) is 0 Å². The Morgan fingerprint density at radius 2 is 2.54 bits per heavy atom. The molecule has 0 spiro atoms. The highest BCUT2D eigenvalue weighted by atomic mass is 32.2. The maximum absolute atomic E-state index is 5.23. The number of rotatable bonds is 3. The van der Waals surface area contributed by atoms with E-state index in [9.17, 15) is 0 Å². The molecular formula is C10H10O2S. The third-order valence-electron chi connectivity index (χ3n) is 1.39. The van der Waals surface area contributed by atoms with Gasteiger partial charge < -0.3 is 9.15 Å². The van der Waals surface area contributed by atoms with Crippen LogP contribution in [0.2, 0.25) is 0 Å². The van der Waals surface area contributed by atoms with Crippen molar-refractivity contribution in [2.75, 3.05) is 12.9 Å². The van der Waals surface area contributed by atoms with Crippen LogP contribution in [0.1, 0.15) is 0 Å². The fourth-order valence-corrected chi connectivity index (χ4v) is 1.36. The molecule has 1 unspecified atom stereocenters. The van der Waals surface area contributed by atoms with Gasteiger partial charge in [0, 0.05) is 6.07 Å². The van der Waals surface area contributed by atoms with Crippen LogP contribution in [0.15, 0.2) is 28.4 Å². The molecule has 0 N–H and O–H groups in total. The average molecular weight is 194 g/mol. The van der Waals surface area contributed by atoms with Gasteiger partial charge in [-0.3, -0.25) is 0 Å². The minimum absolute atomic E-state index is 0.185. The van der Waals surface area contributed by atoms with Crippen molar-refractivity contribution in [3.63, 3.8) is 0 Å². The minimum atomic E-state index is -0.185. The van der Waals surface area contributed by atoms with Gasteiger partial charge in [-0.1, -0.05) is 21.4 Å². The summed E-state index contributed by atoms with van der Waals surface area (Å²) in [6.07, 6.45) is 8.55. The normalized spacial score (nSPS) is 11.4. The molecule has 13 heavy (non-hydrogen) atoms. The fraction of sp³-hybridized carbons (Fsp3) is 0.200. The van der Waals surface area contributed by atoms with Crippen molar-refractivity contribution >= 4 is 15.5 Å². The second kappa shape index (κ2) is 4.61. The molecule has 3 heteroatoms. The van der Waals surface area contributed by atoms with E-state index in [1.165, 1.54) is 6.26 Å². The van der Waals surface area contributed by atoms with E-state index in [1.807, 2.05) is 6.26 Å². The molecular weight excluding hydrogens is 184 g/mol. The first-order valence-electron chi connectivity index (χ1n) is 3.61. The second-order valence-electron chi connectivity index (χ2n) is 2.25. The van der Waals surface area contributed by atoms with E-state index >= 15 is 0 Å². The van der Waals surface area contributed by atoms with Crippen molar-refractivity contribution < 1.29 is 9.15 Å². The van der Waals surface area contributed by atoms with E-state index in [2.05, 4.69) is 17.5 Å². The Kier molecular flexibility index (Phi) is 3.45. The molecule has 0 saturated carbocycles. The molecule has 1 aromatic rings. The van der Waals surface area contributed by atoms with Gasteiger partial charge in [0.1, 0.15) is 12.9 Å². The summed E-state index contributed by atoms with van der Waals surface area (Å²) in [4.78, 5) is 0. The highest BCUT2D eigenvalue weighted by molar-refractivity contribution is 8.13. The zero-order valence-corrected chi connectivity index (χ0v) is 8.19. The van der Waals surface area contributed by atoms with E-state index < -0.39 is 0 Å². The van der Waals surface area contributed by atoms with Gasteiger partial charge in [0.15, 0.2) is 10.8 Å². The van der Waals surface area contributed by atoms with Crippen molar-refractivity contribution in [2.45, 2.75) is 5.09 Å². The summed E-state index contributed by atoms with van der Waals surface area (Å²) in [6.45, 7) is 3.82. The summed E-state index contributed by atoms with van der Waals surface area (Å²) in [5, 5.41) is 3.65. The molecule has 68 valence electrons. The first-order valence-corrected chi connectivity index (χ1v) is 5.24. The Morgan fingerprint density at radius 1 is 1.77 bits per heavy atom. The number of terminal acetylenes is 1. The SMILES string of the molecule is C#CCOc1coc(S(C)=C=C)c1. The average Bonchev–Trinajstić information content (AvgIpc) is 2.62. The van der Waals surface area contributed by atoms with Crippen LogP contribution >= 0.6 is 10.5 Å². The van der Waals surface area contributed by atoms with Crippen LogP contribution < -0.4 is 4.74 Å². The molecule has 0 amide bonds. The van der Waals surface area contributed by atoms with Gasteiger partial charge in [-0.2, -0.15) is 0 Å². The van der Waals surface area contributed by atoms with Crippen LogP contribution in [0.25, 0.3) is 0 Å². The summed E-state index contributed by atoms with van der Waals surface area (Å²) in [5.41, 5.74) is 0. The first kappa shape index (κ1) is 9.73. The number of furan rings is 1. The highest BCUT2D eigenvalue weighted by Crippen LogP contribution is 2.27. The molecule has 0 saturated heterocycles. The molecule has 1 aromatic heterocycles. The monoisotopic (exact) mass is 194 g/mol. The lowest BCUT2D eigenvalue weighted by atomic mass is 10.6. The summed E-state index contributed by atoms with van der Waals surface area (Å²) >= 11 is 0. The molecule has 2 nitrogen and oxygen atoms in total. The predicted octanol–water partition coefficient (Wildman–Crippen LogP) is 2.14. The molecule has 1 rings (SSSR count). The largest absolute Gasteiger partial charge is 0.478 e. The van der Waals surface area contributed by atoms with Crippen LogP contribution in [-0.4, -0.2) is 17.9 Å². The van der Waals surface area contributed by atoms with Crippen molar-refractivity contribution in [3.8, 4) is 18.1 Å². The quantitative estimate of drug-likeness (QED) is 0.543. The maximum atomic E-state index is 5.23. The molecule has 0 bridgehead atoms. The number of hydrogen-bond acceptors (Lipinski definition) is 2. The molecule has 0 aliphatic carbocycles. The molecule has 0 radical (unpaired) electrons. The van der Waals surface area contributed by atoms with Crippen LogP contribution in [0.4, 0.5) is 0 Å². The lowest BCUT2D eigenvalue weighted by Gasteiger charge is -1.93. The zero-order valence-electron chi connectivity index (χ0n) is 7.37. The van der Waals surface area contributed by atoms with Gasteiger partial charge in [-0.15, -0.1) is 6.42 Å². The van der Waals surface area contributed by atoms with Gasteiger partial charge in [0.2, 0.25) is 0 Å². The Morgan fingerprint density at radius 3 is 3.15 bits per heavy atom. The van der Waals surface area contributed by atoms with Crippen molar-refractivity contribution in [1.29, 1.82) is 0 Å². The Balaban J connectivity index is 2.76. The van der Waals surface area contributed by atoms with Crippen LogP contribution in [0.5, 0.6) is 5.75 Å². The second-order valence-corrected chi connectivity index (χ2v) is 3.96. The van der Waals surface area contributed by atoms with Gasteiger partial charge >= 0.3 is 0 Å². The van der Waals surface area contributed by atoms with Gasteiger partial charge in [-0.25, -0.2) is 0 Å². The fourth-order valence-electron chi connectivity index (χ4n) is 0.733. The topological polar surface area (TPSA) is 22.4 Å². The molecule has 0 aliphatic heterocycles. The van der Waals surface area contributed by atoms with E-state index in [4.69, 9.17) is 15.6 Å².